The molecule has 2 N–H and O–H groups in total. The van der Waals surface area contributed by atoms with E-state index in [-0.39, 0.29) is 0 Å². The first kappa shape index (κ1) is 14.1. The summed E-state index contributed by atoms with van der Waals surface area (Å²) in [5.41, 5.74) is -2.24. The zero-order valence-electron chi connectivity index (χ0n) is 9.91. The van der Waals surface area contributed by atoms with Crippen LogP contribution in [-0.4, -0.2) is 22.5 Å². The Balaban J connectivity index is 2.94. The number of amides is 1. The number of aliphatic carboxylic acids is 1. The second kappa shape index (κ2) is 4.72. The van der Waals surface area contributed by atoms with Gasteiger partial charge in [-0.3, -0.25) is 4.79 Å². The highest BCUT2D eigenvalue weighted by Gasteiger charge is 2.44. The third-order valence-corrected chi connectivity index (χ3v) is 2.38. The highest BCUT2D eigenvalue weighted by Crippen LogP contribution is 2.28. The van der Waals surface area contributed by atoms with Gasteiger partial charge in [-0.05, 0) is 13.8 Å². The van der Waals surface area contributed by atoms with Crippen molar-refractivity contribution in [2.45, 2.75) is 25.3 Å². The predicted molar refractivity (Wildman–Crippen MR) is 60.2 cm³/mol. The Hall–Kier alpha value is -1.98. The molecule has 0 aliphatic heterocycles. The molecule has 98 valence electrons. The van der Waals surface area contributed by atoms with Crippen molar-refractivity contribution in [1.82, 2.24) is 5.32 Å². The molecule has 0 aromatic heterocycles. The van der Waals surface area contributed by atoms with E-state index in [0.29, 0.717) is 0 Å². The summed E-state index contributed by atoms with van der Waals surface area (Å²) in [6.07, 6.45) is 0. The van der Waals surface area contributed by atoms with Gasteiger partial charge in [0.15, 0.2) is 0 Å². The number of carbonyl (C=O) groups is 2. The van der Waals surface area contributed by atoms with Gasteiger partial charge >= 0.3 is 11.9 Å². The molecule has 0 saturated heterocycles. The van der Waals surface area contributed by atoms with Crippen molar-refractivity contribution in [3.8, 4) is 0 Å². The van der Waals surface area contributed by atoms with Crippen LogP contribution in [0, 0.1) is 0 Å². The van der Waals surface area contributed by atoms with E-state index in [1.165, 1.54) is 12.1 Å². The number of nitrogens with one attached hydrogen (secondary N) is 1. The molecular weight excluding hydrogens is 244 g/mol. The second-order valence-corrected chi connectivity index (χ2v) is 4.32. The number of hydrogen-bond donors (Lipinski definition) is 2. The minimum absolute atomic E-state index is 0.483. The lowest BCUT2D eigenvalue weighted by atomic mass is 10.0. The molecule has 0 atom stereocenters. The van der Waals surface area contributed by atoms with Crippen LogP contribution in [0.1, 0.15) is 19.4 Å². The van der Waals surface area contributed by atoms with Crippen molar-refractivity contribution >= 4 is 11.9 Å². The molecule has 0 heterocycles. The number of carboxylic acid groups (broad SMARTS) is 1. The molecule has 0 radical (unpaired) electrons. The minimum atomic E-state index is -3.77. The van der Waals surface area contributed by atoms with Crippen LogP contribution in [0.4, 0.5) is 8.78 Å². The Morgan fingerprint density at radius 3 is 2.11 bits per heavy atom. The smallest absolute Gasteiger partial charge is 0.349 e. The molecule has 1 rings (SSSR count). The maximum atomic E-state index is 13.7. The molecule has 4 nitrogen and oxygen atoms in total. The Morgan fingerprint density at radius 1 is 1.17 bits per heavy atom. The molecule has 0 unspecified atom stereocenters. The van der Waals surface area contributed by atoms with E-state index in [1.54, 1.807) is 11.4 Å². The van der Waals surface area contributed by atoms with Crippen LogP contribution in [0.5, 0.6) is 0 Å². The lowest BCUT2D eigenvalue weighted by Gasteiger charge is -2.24. The normalized spacial score (nSPS) is 12.0. The topological polar surface area (TPSA) is 66.4 Å². The Labute approximate surface area is 103 Å². The average Bonchev–Trinajstić information content (AvgIpc) is 2.29. The lowest BCUT2D eigenvalue weighted by Crippen LogP contribution is -2.53. The first-order valence-corrected chi connectivity index (χ1v) is 5.17. The van der Waals surface area contributed by atoms with Crippen LogP contribution in [-0.2, 0) is 15.5 Å². The summed E-state index contributed by atoms with van der Waals surface area (Å²) in [7, 11) is 0. The summed E-state index contributed by atoms with van der Waals surface area (Å²) in [6, 6.07) is 6.50. The first-order valence-electron chi connectivity index (χ1n) is 5.17. The molecule has 1 aromatic carbocycles. The van der Waals surface area contributed by atoms with Crippen molar-refractivity contribution in [2.75, 3.05) is 0 Å². The van der Waals surface area contributed by atoms with Crippen molar-refractivity contribution < 1.29 is 23.5 Å². The van der Waals surface area contributed by atoms with Crippen LogP contribution >= 0.6 is 0 Å². The van der Waals surface area contributed by atoms with Crippen molar-refractivity contribution in [1.29, 1.82) is 0 Å². The van der Waals surface area contributed by atoms with Crippen molar-refractivity contribution in [2.24, 2.45) is 0 Å². The maximum Gasteiger partial charge on any atom is 0.349 e. The summed E-state index contributed by atoms with van der Waals surface area (Å²) in [4.78, 5) is 22.2. The van der Waals surface area contributed by atoms with E-state index in [2.05, 4.69) is 0 Å². The van der Waals surface area contributed by atoms with Crippen LogP contribution in [0.15, 0.2) is 30.3 Å². The molecule has 6 heteroatoms. The van der Waals surface area contributed by atoms with Crippen molar-refractivity contribution in [3.63, 3.8) is 0 Å². The fourth-order valence-electron chi connectivity index (χ4n) is 1.19. The largest absolute Gasteiger partial charge is 0.480 e. The summed E-state index contributed by atoms with van der Waals surface area (Å²) >= 11 is 0. The number of carboxylic acids is 1. The Bertz CT molecular complexity index is 458. The zero-order chi connectivity index (χ0) is 14.0. The maximum absolute atomic E-state index is 13.7. The highest BCUT2D eigenvalue weighted by atomic mass is 19.3. The van der Waals surface area contributed by atoms with E-state index in [4.69, 9.17) is 5.11 Å². The number of alkyl halides is 2. The van der Waals surface area contributed by atoms with Gasteiger partial charge < -0.3 is 10.4 Å². The first-order chi connectivity index (χ1) is 8.18. The monoisotopic (exact) mass is 257 g/mol. The Kier molecular flexibility index (Phi) is 3.69. The molecule has 0 fully saturated rings. The summed E-state index contributed by atoms with van der Waals surface area (Å²) in [5.74, 6) is -6.80. The molecular formula is C12H13F2NO3. The fraction of sp³-hybridized carbons (Fsp3) is 0.333. The van der Waals surface area contributed by atoms with Crippen LogP contribution < -0.4 is 5.32 Å². The molecule has 0 bridgehead atoms. The molecule has 1 amide bonds. The van der Waals surface area contributed by atoms with Gasteiger partial charge in [0.1, 0.15) is 5.54 Å². The predicted octanol–water partition coefficient (Wildman–Crippen LogP) is 1.76. The van der Waals surface area contributed by atoms with Crippen molar-refractivity contribution in [3.05, 3.63) is 35.9 Å². The molecule has 18 heavy (non-hydrogen) atoms. The minimum Gasteiger partial charge on any atom is -0.480 e. The molecule has 0 spiro atoms. The molecule has 0 saturated carbocycles. The van der Waals surface area contributed by atoms with Crippen LogP contribution in [0.2, 0.25) is 0 Å². The molecule has 1 aromatic rings. The van der Waals surface area contributed by atoms with Gasteiger partial charge in [0.2, 0.25) is 0 Å². The SMILES string of the molecule is CC(C)(NC(=O)C(F)(F)c1ccccc1)C(=O)O. The number of benzene rings is 1. The second-order valence-electron chi connectivity index (χ2n) is 4.32. The lowest BCUT2D eigenvalue weighted by molar-refractivity contribution is -0.155. The number of rotatable bonds is 4. The van der Waals surface area contributed by atoms with E-state index < -0.39 is 28.9 Å². The van der Waals surface area contributed by atoms with E-state index in [9.17, 15) is 18.4 Å². The average molecular weight is 257 g/mol. The molecule has 0 aliphatic carbocycles. The van der Waals surface area contributed by atoms with E-state index >= 15 is 0 Å². The zero-order valence-corrected chi connectivity index (χ0v) is 9.91. The third kappa shape index (κ3) is 2.82. The van der Waals surface area contributed by atoms with Crippen LogP contribution in [0.3, 0.4) is 0 Å². The standard InChI is InChI=1S/C12H13F2NO3/c1-11(2,10(17)18)15-9(16)12(13,14)8-6-4-3-5-7-8/h3-7H,1-2H3,(H,15,16)(H,17,18). The molecule has 0 aliphatic rings. The van der Waals surface area contributed by atoms with Crippen LogP contribution in [0.25, 0.3) is 0 Å². The van der Waals surface area contributed by atoms with Gasteiger partial charge in [-0.15, -0.1) is 0 Å². The number of halogens is 2. The summed E-state index contributed by atoms with van der Waals surface area (Å²) in [6.45, 7) is 2.27. The van der Waals surface area contributed by atoms with Gasteiger partial charge in [-0.1, -0.05) is 30.3 Å². The number of hydrogen-bond acceptors (Lipinski definition) is 2. The van der Waals surface area contributed by atoms with Gasteiger partial charge in [0.25, 0.3) is 5.91 Å². The van der Waals surface area contributed by atoms with Gasteiger partial charge in [-0.2, -0.15) is 8.78 Å². The highest BCUT2D eigenvalue weighted by molar-refractivity contribution is 5.90. The number of carbonyl (C=O) groups excluding carboxylic acids is 1. The van der Waals surface area contributed by atoms with E-state index in [1.807, 2.05) is 0 Å². The fourth-order valence-corrected chi connectivity index (χ4v) is 1.19. The third-order valence-electron chi connectivity index (χ3n) is 2.38. The Morgan fingerprint density at radius 2 is 1.67 bits per heavy atom. The van der Waals surface area contributed by atoms with Gasteiger partial charge in [-0.25, -0.2) is 4.79 Å². The van der Waals surface area contributed by atoms with Gasteiger partial charge in [0.05, 0.1) is 0 Å². The summed E-state index contributed by atoms with van der Waals surface area (Å²) in [5, 5.41) is 10.6. The van der Waals surface area contributed by atoms with Gasteiger partial charge in [0, 0.05) is 5.56 Å². The quantitative estimate of drug-likeness (QED) is 0.863. The van der Waals surface area contributed by atoms with E-state index in [0.717, 1.165) is 26.0 Å². The summed E-state index contributed by atoms with van der Waals surface area (Å²) < 4.78 is 27.5.